The van der Waals surface area contributed by atoms with Gasteiger partial charge in [-0.15, -0.1) is 5.54 Å². The Kier molecular flexibility index (Phi) is 18.9. The molecule has 0 atom stereocenters. The maximum Gasteiger partial charge on any atom is 0.303 e. The number of carbonyl (C=O) groups is 1. The highest BCUT2D eigenvalue weighted by atomic mass is 32.2. The highest BCUT2D eigenvalue weighted by Crippen LogP contribution is 2.40. The number of hydrogen-bond donors (Lipinski definition) is 1. The van der Waals surface area contributed by atoms with Gasteiger partial charge in [0.15, 0.2) is 0 Å². The standard InChI is InChI=1S/C27H52O2SSi/c1-24(2)31(25(3)4,26(5)6)23-22-30-21-19-17-15-13-11-9-7-8-10-12-14-16-18-20-27(28)29/h24-26H,7-21H2,1-6H3,(H,28,29). The van der Waals surface area contributed by atoms with Crippen LogP contribution in [0.15, 0.2) is 0 Å². The van der Waals surface area contributed by atoms with Crippen LogP contribution in [-0.2, 0) is 4.79 Å². The van der Waals surface area contributed by atoms with E-state index in [0.717, 1.165) is 29.5 Å². The van der Waals surface area contributed by atoms with Gasteiger partial charge in [0.1, 0.15) is 8.07 Å². The minimum atomic E-state index is -1.54. The molecule has 0 saturated carbocycles. The zero-order valence-electron chi connectivity index (χ0n) is 21.6. The third-order valence-electron chi connectivity index (χ3n) is 6.84. The van der Waals surface area contributed by atoms with E-state index in [1.54, 1.807) is 0 Å². The molecule has 0 aromatic rings. The lowest BCUT2D eigenvalue weighted by atomic mass is 10.0. The number of aliphatic carboxylic acids is 1. The van der Waals surface area contributed by atoms with Crippen LogP contribution in [0.1, 0.15) is 131 Å². The number of unbranched alkanes of at least 4 members (excludes halogenated alkanes) is 12. The van der Waals surface area contributed by atoms with Crippen molar-refractivity contribution >= 4 is 25.8 Å². The summed E-state index contributed by atoms with van der Waals surface area (Å²) in [6, 6.07) is 0. The van der Waals surface area contributed by atoms with E-state index in [9.17, 15) is 4.79 Å². The molecule has 0 aliphatic heterocycles. The van der Waals surface area contributed by atoms with Crippen molar-refractivity contribution in [2.45, 2.75) is 148 Å². The number of carboxylic acid groups (broad SMARTS) is 1. The van der Waals surface area contributed by atoms with Crippen molar-refractivity contribution in [3.8, 4) is 10.8 Å². The van der Waals surface area contributed by atoms with Gasteiger partial charge in [-0.05, 0) is 34.7 Å². The number of hydrogen-bond acceptors (Lipinski definition) is 2. The fourth-order valence-corrected chi connectivity index (χ4v) is 11.3. The molecule has 0 bridgehead atoms. The molecule has 0 aliphatic rings. The first-order chi connectivity index (χ1) is 14.7. The minimum absolute atomic E-state index is 0.336. The first-order valence-corrected chi connectivity index (χ1v) is 16.3. The quantitative estimate of drug-likeness (QED) is 0.116. The van der Waals surface area contributed by atoms with Crippen LogP contribution in [-0.4, -0.2) is 24.9 Å². The molecule has 0 fully saturated rings. The molecule has 0 amide bonds. The maximum absolute atomic E-state index is 10.4. The van der Waals surface area contributed by atoms with Gasteiger partial charge in [-0.2, -0.15) is 0 Å². The lowest BCUT2D eigenvalue weighted by Crippen LogP contribution is -2.43. The highest BCUT2D eigenvalue weighted by molar-refractivity contribution is 8.03. The van der Waals surface area contributed by atoms with E-state index < -0.39 is 14.0 Å². The van der Waals surface area contributed by atoms with Gasteiger partial charge in [0.05, 0.1) is 0 Å². The summed E-state index contributed by atoms with van der Waals surface area (Å²) in [5.41, 5.74) is 5.99. The van der Waals surface area contributed by atoms with Crippen molar-refractivity contribution in [1.29, 1.82) is 0 Å². The van der Waals surface area contributed by atoms with Crippen molar-refractivity contribution in [1.82, 2.24) is 0 Å². The highest BCUT2D eigenvalue weighted by Gasteiger charge is 2.41. The zero-order chi connectivity index (χ0) is 23.5. The van der Waals surface area contributed by atoms with Gasteiger partial charge < -0.3 is 5.11 Å². The molecule has 0 aliphatic carbocycles. The van der Waals surface area contributed by atoms with E-state index in [0.29, 0.717) is 6.42 Å². The van der Waals surface area contributed by atoms with Crippen LogP contribution in [0.4, 0.5) is 0 Å². The van der Waals surface area contributed by atoms with Gasteiger partial charge in [0.25, 0.3) is 0 Å². The van der Waals surface area contributed by atoms with Crippen molar-refractivity contribution < 1.29 is 9.90 Å². The van der Waals surface area contributed by atoms with Crippen LogP contribution in [0.2, 0.25) is 16.6 Å². The molecule has 0 rings (SSSR count). The molecular formula is C27H52O2SSi. The zero-order valence-corrected chi connectivity index (χ0v) is 23.4. The lowest BCUT2D eigenvalue weighted by molar-refractivity contribution is -0.137. The first kappa shape index (κ1) is 30.6. The van der Waals surface area contributed by atoms with Crippen LogP contribution in [0.25, 0.3) is 0 Å². The number of thioether (sulfide) groups is 1. The second-order valence-electron chi connectivity index (χ2n) is 10.2. The third-order valence-corrected chi connectivity index (χ3v) is 14.1. The van der Waals surface area contributed by atoms with Crippen LogP contribution >= 0.6 is 11.8 Å². The van der Waals surface area contributed by atoms with Crippen molar-refractivity contribution in [3.05, 3.63) is 0 Å². The molecule has 4 heteroatoms. The van der Waals surface area contributed by atoms with Gasteiger partial charge in [-0.25, -0.2) is 0 Å². The molecule has 1 N–H and O–H groups in total. The molecule has 182 valence electrons. The summed E-state index contributed by atoms with van der Waals surface area (Å²) >= 11 is 1.86. The summed E-state index contributed by atoms with van der Waals surface area (Å²) in [4.78, 5) is 10.4. The van der Waals surface area contributed by atoms with Crippen molar-refractivity contribution in [3.63, 3.8) is 0 Å². The van der Waals surface area contributed by atoms with Gasteiger partial charge in [0, 0.05) is 12.2 Å². The average Bonchev–Trinajstić information content (AvgIpc) is 2.68. The third kappa shape index (κ3) is 14.4. The Morgan fingerprint density at radius 2 is 1.03 bits per heavy atom. The van der Waals surface area contributed by atoms with Crippen molar-refractivity contribution in [2.24, 2.45) is 0 Å². The minimum Gasteiger partial charge on any atom is -0.481 e. The number of carboxylic acids is 1. The van der Waals surface area contributed by atoms with Crippen LogP contribution in [0.5, 0.6) is 0 Å². The molecule has 0 unspecified atom stereocenters. The van der Waals surface area contributed by atoms with Gasteiger partial charge in [0.2, 0.25) is 0 Å². The van der Waals surface area contributed by atoms with E-state index in [2.05, 4.69) is 52.3 Å². The van der Waals surface area contributed by atoms with E-state index in [4.69, 9.17) is 5.11 Å². The molecule has 0 heterocycles. The summed E-state index contributed by atoms with van der Waals surface area (Å²) in [6.07, 6.45) is 17.0. The smallest absolute Gasteiger partial charge is 0.303 e. The van der Waals surface area contributed by atoms with E-state index in [-0.39, 0.29) is 0 Å². The van der Waals surface area contributed by atoms with Gasteiger partial charge in [-0.1, -0.05) is 124 Å². The predicted molar refractivity (Wildman–Crippen MR) is 144 cm³/mol. The summed E-state index contributed by atoms with van der Waals surface area (Å²) in [5, 5.41) is 12.1. The Morgan fingerprint density at radius 3 is 1.39 bits per heavy atom. The molecule has 0 aromatic heterocycles. The van der Waals surface area contributed by atoms with Crippen LogP contribution < -0.4 is 0 Å². The second kappa shape index (κ2) is 19.1. The Hall–Kier alpha value is -0.403. The molecule has 0 radical (unpaired) electrons. The lowest BCUT2D eigenvalue weighted by Gasteiger charge is -2.37. The molecule has 0 spiro atoms. The summed E-state index contributed by atoms with van der Waals surface area (Å²) in [6.45, 7) is 14.3. The van der Waals surface area contributed by atoms with Crippen LogP contribution in [0, 0.1) is 10.8 Å². The average molecular weight is 469 g/mol. The molecule has 0 saturated heterocycles. The first-order valence-electron chi connectivity index (χ1n) is 13.1. The maximum atomic E-state index is 10.4. The Morgan fingerprint density at radius 1 is 0.677 bits per heavy atom. The monoisotopic (exact) mass is 468 g/mol. The number of rotatable bonds is 19. The SMILES string of the molecule is CC(C)[Si](C#CSCCCCCCCCCCCCCCCC(=O)O)(C(C)C)C(C)C. The molecule has 0 aromatic carbocycles. The fraction of sp³-hybridized carbons (Fsp3) is 0.889. The molecular weight excluding hydrogens is 416 g/mol. The Balaban J connectivity index is 3.61. The van der Waals surface area contributed by atoms with Gasteiger partial charge >= 0.3 is 5.97 Å². The summed E-state index contributed by atoms with van der Waals surface area (Å²) in [5.74, 6) is 0.535. The second-order valence-corrected chi connectivity index (χ2v) is 16.7. The van der Waals surface area contributed by atoms with E-state index in [1.165, 1.54) is 76.4 Å². The molecule has 31 heavy (non-hydrogen) atoms. The van der Waals surface area contributed by atoms with Crippen LogP contribution in [0.3, 0.4) is 0 Å². The largest absolute Gasteiger partial charge is 0.481 e. The fourth-order valence-electron chi connectivity index (χ4n) is 5.00. The van der Waals surface area contributed by atoms with E-state index >= 15 is 0 Å². The van der Waals surface area contributed by atoms with Crippen molar-refractivity contribution in [2.75, 3.05) is 5.75 Å². The normalized spacial score (nSPS) is 11.9. The predicted octanol–water partition coefficient (Wildman–Crippen LogP) is 9.44. The summed E-state index contributed by atoms with van der Waals surface area (Å²) in [7, 11) is -1.54. The van der Waals surface area contributed by atoms with Gasteiger partial charge in [-0.3, -0.25) is 4.79 Å². The Bertz CT molecular complexity index is 483. The topological polar surface area (TPSA) is 37.3 Å². The summed E-state index contributed by atoms with van der Waals surface area (Å²) < 4.78 is 0. The van der Waals surface area contributed by atoms with E-state index in [1.807, 2.05) is 11.8 Å². The Labute approximate surface area is 200 Å². The molecule has 2 nitrogen and oxygen atoms in total.